The van der Waals surface area contributed by atoms with Crippen LogP contribution >= 0.6 is 11.3 Å². The molecule has 0 saturated heterocycles. The molecule has 0 aliphatic rings. The average molecular weight is 457 g/mol. The zero-order chi connectivity index (χ0) is 22.9. The molecule has 0 unspecified atom stereocenters. The molecule has 0 bridgehead atoms. The first-order valence-corrected chi connectivity index (χ1v) is 11.7. The highest BCUT2D eigenvalue weighted by Gasteiger charge is 2.26. The first-order chi connectivity index (χ1) is 16.0. The highest BCUT2D eigenvalue weighted by molar-refractivity contribution is 7.22. The molecular formula is C27H24N2O3S. The van der Waals surface area contributed by atoms with Gasteiger partial charge in [0, 0.05) is 5.39 Å². The van der Waals surface area contributed by atoms with Crippen LogP contribution in [0.5, 0.6) is 5.75 Å². The summed E-state index contributed by atoms with van der Waals surface area (Å²) in [4.78, 5) is 20.4. The Kier molecular flexibility index (Phi) is 5.60. The van der Waals surface area contributed by atoms with Gasteiger partial charge in [-0.2, -0.15) is 0 Å². The number of aryl methyl sites for hydroxylation is 2. The lowest BCUT2D eigenvalue weighted by atomic mass is 10.1. The molecule has 5 nitrogen and oxygen atoms in total. The van der Waals surface area contributed by atoms with Crippen molar-refractivity contribution in [3.63, 3.8) is 0 Å². The van der Waals surface area contributed by atoms with Gasteiger partial charge in [0.1, 0.15) is 0 Å². The molecule has 2 aromatic heterocycles. The smallest absolute Gasteiger partial charge is 0.296 e. The van der Waals surface area contributed by atoms with Crippen LogP contribution in [0.15, 0.2) is 71.1 Å². The molecule has 5 aromatic rings. The number of aromatic nitrogens is 1. The largest absolute Gasteiger partial charge is 0.490 e. The first kappa shape index (κ1) is 21.2. The molecule has 0 atom stereocenters. The molecule has 0 fully saturated rings. The van der Waals surface area contributed by atoms with Crippen molar-refractivity contribution < 1.29 is 13.9 Å². The molecule has 0 N–H and O–H groups in total. The Hall–Kier alpha value is -3.64. The van der Waals surface area contributed by atoms with Crippen molar-refractivity contribution in [3.8, 4) is 5.75 Å². The fourth-order valence-electron chi connectivity index (χ4n) is 3.90. The number of rotatable bonds is 6. The van der Waals surface area contributed by atoms with Gasteiger partial charge in [-0.1, -0.05) is 65.9 Å². The van der Waals surface area contributed by atoms with E-state index in [-0.39, 0.29) is 11.7 Å². The summed E-state index contributed by atoms with van der Waals surface area (Å²) < 4.78 is 12.8. The monoisotopic (exact) mass is 456 g/mol. The molecule has 0 saturated carbocycles. The predicted octanol–water partition coefficient (Wildman–Crippen LogP) is 6.91. The summed E-state index contributed by atoms with van der Waals surface area (Å²) in [5.74, 6) is 0.669. The van der Waals surface area contributed by atoms with Crippen molar-refractivity contribution in [2.24, 2.45) is 0 Å². The quantitative estimate of drug-likeness (QED) is 0.279. The third kappa shape index (κ3) is 3.98. The van der Waals surface area contributed by atoms with Crippen LogP contribution in [0.4, 0.5) is 5.13 Å². The van der Waals surface area contributed by atoms with E-state index in [9.17, 15) is 4.79 Å². The van der Waals surface area contributed by atoms with E-state index in [1.54, 1.807) is 11.0 Å². The highest BCUT2D eigenvalue weighted by Crippen LogP contribution is 2.35. The minimum absolute atomic E-state index is 0.230. The Morgan fingerprint density at radius 3 is 2.58 bits per heavy atom. The number of carbonyl (C=O) groups excluding carboxylic acids is 1. The Labute approximate surface area is 196 Å². The number of para-hydroxylation sites is 1. The van der Waals surface area contributed by atoms with Crippen LogP contribution in [0.25, 0.3) is 21.2 Å². The van der Waals surface area contributed by atoms with Crippen LogP contribution < -0.4 is 9.64 Å². The van der Waals surface area contributed by atoms with Gasteiger partial charge >= 0.3 is 0 Å². The molecule has 0 aliphatic carbocycles. The maximum atomic E-state index is 13.8. The van der Waals surface area contributed by atoms with E-state index in [0.29, 0.717) is 29.6 Å². The van der Waals surface area contributed by atoms with Crippen molar-refractivity contribution in [3.05, 3.63) is 89.2 Å². The second-order valence-corrected chi connectivity index (χ2v) is 8.95. The number of thiazole rings is 1. The van der Waals surface area contributed by atoms with Gasteiger partial charge in [-0.15, -0.1) is 0 Å². The van der Waals surface area contributed by atoms with Crippen molar-refractivity contribution >= 4 is 43.6 Å². The Bertz CT molecular complexity index is 1410. The summed E-state index contributed by atoms with van der Waals surface area (Å²) in [6.07, 6.45) is 0. The SMILES string of the molecule is CCOc1cccc2cc(C(=O)N(Cc3ccccc3)c3nc4c(C)ccc(C)c4s3)oc12. The lowest BCUT2D eigenvalue weighted by Gasteiger charge is -2.18. The summed E-state index contributed by atoms with van der Waals surface area (Å²) in [6.45, 7) is 6.96. The van der Waals surface area contributed by atoms with E-state index in [1.807, 2.05) is 62.4 Å². The fourth-order valence-corrected chi connectivity index (χ4v) is 5.01. The van der Waals surface area contributed by atoms with E-state index in [0.717, 1.165) is 32.3 Å². The van der Waals surface area contributed by atoms with Crippen molar-refractivity contribution in [1.29, 1.82) is 0 Å². The van der Waals surface area contributed by atoms with Crippen molar-refractivity contribution in [2.45, 2.75) is 27.3 Å². The van der Waals surface area contributed by atoms with Crippen molar-refractivity contribution in [1.82, 2.24) is 4.98 Å². The van der Waals surface area contributed by atoms with Gasteiger partial charge in [-0.25, -0.2) is 4.98 Å². The van der Waals surface area contributed by atoms with Gasteiger partial charge in [0.05, 0.1) is 23.4 Å². The maximum absolute atomic E-state index is 13.8. The molecule has 5 rings (SSSR count). The zero-order valence-electron chi connectivity index (χ0n) is 18.8. The Morgan fingerprint density at radius 1 is 1.03 bits per heavy atom. The summed E-state index contributed by atoms with van der Waals surface area (Å²) >= 11 is 1.53. The minimum atomic E-state index is -0.230. The Balaban J connectivity index is 1.61. The second kappa shape index (κ2) is 8.71. The molecule has 166 valence electrons. The number of furan rings is 1. The summed E-state index contributed by atoms with van der Waals surface area (Å²) in [5.41, 5.74) is 4.78. The van der Waals surface area contributed by atoms with Crippen LogP contribution in [0.2, 0.25) is 0 Å². The number of hydrogen-bond acceptors (Lipinski definition) is 5. The second-order valence-electron chi connectivity index (χ2n) is 7.97. The van der Waals surface area contributed by atoms with E-state index in [2.05, 4.69) is 19.1 Å². The number of hydrogen-bond donors (Lipinski definition) is 0. The third-order valence-electron chi connectivity index (χ3n) is 5.61. The summed E-state index contributed by atoms with van der Waals surface area (Å²) in [5, 5.41) is 1.49. The van der Waals surface area contributed by atoms with Gasteiger partial charge in [0.2, 0.25) is 0 Å². The van der Waals surface area contributed by atoms with Gasteiger partial charge in [-0.05, 0) is 49.6 Å². The average Bonchev–Trinajstić information content (AvgIpc) is 3.47. The number of benzene rings is 3. The highest BCUT2D eigenvalue weighted by atomic mass is 32.1. The number of nitrogens with zero attached hydrogens (tertiary/aromatic N) is 2. The van der Waals surface area contributed by atoms with Crippen LogP contribution in [-0.4, -0.2) is 17.5 Å². The van der Waals surface area contributed by atoms with Crippen LogP contribution in [-0.2, 0) is 6.54 Å². The fraction of sp³-hybridized carbons (Fsp3) is 0.185. The normalized spacial score (nSPS) is 11.2. The molecule has 0 spiro atoms. The topological polar surface area (TPSA) is 55.6 Å². The summed E-state index contributed by atoms with van der Waals surface area (Å²) in [6, 6.07) is 21.5. The predicted molar refractivity (Wildman–Crippen MR) is 133 cm³/mol. The number of ether oxygens (including phenoxy) is 1. The van der Waals surface area contributed by atoms with Gasteiger partial charge in [0.25, 0.3) is 5.91 Å². The standard InChI is InChI=1S/C27H24N2O3S/c1-4-31-21-12-8-11-20-15-22(32-24(20)21)26(30)29(16-19-9-6-5-7-10-19)27-28-23-17(2)13-14-18(3)25(23)33-27/h5-15H,4,16H2,1-3H3. The lowest BCUT2D eigenvalue weighted by molar-refractivity contribution is 0.0960. The van der Waals surface area contributed by atoms with E-state index in [4.69, 9.17) is 14.1 Å². The van der Waals surface area contributed by atoms with Crippen LogP contribution in [0, 0.1) is 13.8 Å². The van der Waals surface area contributed by atoms with Crippen LogP contribution in [0.1, 0.15) is 34.2 Å². The van der Waals surface area contributed by atoms with Crippen molar-refractivity contribution in [2.75, 3.05) is 11.5 Å². The van der Waals surface area contributed by atoms with E-state index >= 15 is 0 Å². The van der Waals surface area contributed by atoms with Gasteiger partial charge < -0.3 is 9.15 Å². The molecule has 3 aromatic carbocycles. The van der Waals surface area contributed by atoms with E-state index in [1.165, 1.54) is 11.3 Å². The summed E-state index contributed by atoms with van der Waals surface area (Å²) in [7, 11) is 0. The molecule has 2 heterocycles. The zero-order valence-corrected chi connectivity index (χ0v) is 19.6. The van der Waals surface area contributed by atoms with E-state index < -0.39 is 0 Å². The molecule has 0 radical (unpaired) electrons. The third-order valence-corrected chi connectivity index (χ3v) is 6.82. The van der Waals surface area contributed by atoms with Crippen LogP contribution in [0.3, 0.4) is 0 Å². The first-order valence-electron chi connectivity index (χ1n) is 10.9. The molecule has 33 heavy (non-hydrogen) atoms. The molecular weight excluding hydrogens is 432 g/mol. The number of amides is 1. The molecule has 1 amide bonds. The lowest BCUT2D eigenvalue weighted by Crippen LogP contribution is -2.30. The minimum Gasteiger partial charge on any atom is -0.490 e. The number of anilines is 1. The van der Waals surface area contributed by atoms with Gasteiger partial charge in [0.15, 0.2) is 22.2 Å². The number of fused-ring (bicyclic) bond motifs is 2. The molecule has 0 aliphatic heterocycles. The maximum Gasteiger partial charge on any atom is 0.296 e. The number of carbonyl (C=O) groups is 1. The Morgan fingerprint density at radius 2 is 1.82 bits per heavy atom. The molecule has 6 heteroatoms. The van der Waals surface area contributed by atoms with Gasteiger partial charge in [-0.3, -0.25) is 9.69 Å².